The van der Waals surface area contributed by atoms with Crippen molar-refractivity contribution in [3.8, 4) is 17.2 Å². The molecule has 5 rings (SSSR count). The first kappa shape index (κ1) is 24.9. The van der Waals surface area contributed by atoms with Crippen LogP contribution in [0.5, 0.6) is 11.5 Å². The summed E-state index contributed by atoms with van der Waals surface area (Å²) in [6.45, 7) is 0. The Morgan fingerprint density at radius 3 is 2.35 bits per heavy atom. The van der Waals surface area contributed by atoms with Crippen LogP contribution in [0.25, 0.3) is 16.6 Å². The van der Waals surface area contributed by atoms with Crippen LogP contribution in [0.3, 0.4) is 0 Å². The van der Waals surface area contributed by atoms with Crippen LogP contribution in [0.2, 0.25) is 10.0 Å². The largest absolute Gasteiger partial charge is 0.457 e. The molecule has 4 aromatic carbocycles. The van der Waals surface area contributed by atoms with Crippen molar-refractivity contribution in [1.82, 2.24) is 9.55 Å². The number of aromatic nitrogens is 2. The lowest BCUT2D eigenvalue weighted by Gasteiger charge is -2.14. The predicted molar refractivity (Wildman–Crippen MR) is 150 cm³/mol. The van der Waals surface area contributed by atoms with E-state index < -0.39 is 0 Å². The smallest absolute Gasteiger partial charge is 0.266 e. The number of amides is 1. The fourth-order valence-corrected chi connectivity index (χ4v) is 4.80. The molecule has 0 bridgehead atoms. The topological polar surface area (TPSA) is 73.2 Å². The van der Waals surface area contributed by atoms with Gasteiger partial charge in [0, 0.05) is 0 Å². The van der Waals surface area contributed by atoms with Crippen LogP contribution >= 0.6 is 35.0 Å². The van der Waals surface area contributed by atoms with Gasteiger partial charge in [-0.2, -0.15) is 0 Å². The maximum atomic E-state index is 13.5. The van der Waals surface area contributed by atoms with Crippen LogP contribution < -0.4 is 15.6 Å². The number of hydrogen-bond acceptors (Lipinski definition) is 5. The Labute approximate surface area is 226 Å². The lowest BCUT2D eigenvalue weighted by molar-refractivity contribution is -0.113. The minimum Gasteiger partial charge on any atom is -0.457 e. The molecule has 37 heavy (non-hydrogen) atoms. The van der Waals surface area contributed by atoms with Crippen molar-refractivity contribution >= 4 is 57.5 Å². The molecule has 0 unspecified atom stereocenters. The van der Waals surface area contributed by atoms with Crippen molar-refractivity contribution < 1.29 is 9.53 Å². The quantitative estimate of drug-likeness (QED) is 0.172. The number of carbonyl (C=O) groups is 1. The third-order valence-electron chi connectivity index (χ3n) is 5.38. The number of para-hydroxylation sites is 2. The highest BCUT2D eigenvalue weighted by atomic mass is 35.5. The van der Waals surface area contributed by atoms with E-state index in [4.69, 9.17) is 27.9 Å². The van der Waals surface area contributed by atoms with Crippen molar-refractivity contribution in [3.63, 3.8) is 0 Å². The maximum absolute atomic E-state index is 13.5. The number of carbonyl (C=O) groups excluding carboxylic acids is 1. The van der Waals surface area contributed by atoms with Crippen molar-refractivity contribution in [3.05, 3.63) is 117 Å². The van der Waals surface area contributed by atoms with Crippen molar-refractivity contribution in [2.75, 3.05) is 11.1 Å². The maximum Gasteiger partial charge on any atom is 0.266 e. The summed E-state index contributed by atoms with van der Waals surface area (Å²) in [5, 5.41) is 4.22. The van der Waals surface area contributed by atoms with Gasteiger partial charge in [-0.05, 0) is 60.7 Å². The van der Waals surface area contributed by atoms with Gasteiger partial charge >= 0.3 is 0 Å². The van der Waals surface area contributed by atoms with Gasteiger partial charge < -0.3 is 10.1 Å². The zero-order valence-electron chi connectivity index (χ0n) is 19.2. The summed E-state index contributed by atoms with van der Waals surface area (Å²) in [6.07, 6.45) is 0. The zero-order chi connectivity index (χ0) is 25.8. The predicted octanol–water partition coefficient (Wildman–Crippen LogP) is 7.22. The number of nitrogens with zero attached hydrogens (tertiary/aromatic N) is 2. The Bertz CT molecular complexity index is 1640. The normalized spacial score (nSPS) is 10.9. The highest BCUT2D eigenvalue weighted by Crippen LogP contribution is 2.30. The van der Waals surface area contributed by atoms with E-state index in [-0.39, 0.29) is 22.2 Å². The van der Waals surface area contributed by atoms with Gasteiger partial charge in [-0.15, -0.1) is 0 Å². The molecule has 0 saturated carbocycles. The Morgan fingerprint density at radius 2 is 1.57 bits per heavy atom. The van der Waals surface area contributed by atoms with Gasteiger partial charge in [0.25, 0.3) is 5.56 Å². The molecule has 5 aromatic rings. The molecule has 1 N–H and O–H groups in total. The van der Waals surface area contributed by atoms with E-state index in [1.54, 1.807) is 60.7 Å². The fourth-order valence-electron chi connectivity index (χ4n) is 3.64. The number of nitrogens with one attached hydrogen (secondary N) is 1. The molecule has 1 amide bonds. The molecule has 0 aliphatic heterocycles. The highest BCUT2D eigenvalue weighted by molar-refractivity contribution is 7.99. The molecule has 0 radical (unpaired) electrons. The summed E-state index contributed by atoms with van der Waals surface area (Å²) in [7, 11) is 0. The van der Waals surface area contributed by atoms with Crippen LogP contribution in [-0.2, 0) is 4.79 Å². The standard InChI is InChI=1S/C28H19Cl2N3O3S/c29-22-10-6-12-24(26(22)30)31-25(34)17-37-28-32-23-11-5-4-9-21(23)27(35)33(28)18-13-15-20(16-14-18)36-19-7-2-1-3-8-19/h1-16H,17H2,(H,31,34). The van der Waals surface area contributed by atoms with E-state index in [1.807, 2.05) is 36.4 Å². The van der Waals surface area contributed by atoms with E-state index in [9.17, 15) is 9.59 Å². The second-order valence-electron chi connectivity index (χ2n) is 7.90. The first-order chi connectivity index (χ1) is 18.0. The van der Waals surface area contributed by atoms with Gasteiger partial charge in [0.1, 0.15) is 11.5 Å². The van der Waals surface area contributed by atoms with Crippen LogP contribution in [0.4, 0.5) is 5.69 Å². The van der Waals surface area contributed by atoms with Crippen LogP contribution in [0.1, 0.15) is 0 Å². The number of hydrogen-bond donors (Lipinski definition) is 1. The number of ether oxygens (including phenoxy) is 1. The molecule has 184 valence electrons. The number of rotatable bonds is 7. The average Bonchev–Trinajstić information content (AvgIpc) is 2.91. The zero-order valence-corrected chi connectivity index (χ0v) is 21.6. The molecule has 0 saturated heterocycles. The van der Waals surface area contributed by atoms with Gasteiger partial charge in [0.05, 0.1) is 38.1 Å². The Kier molecular flexibility index (Phi) is 7.46. The first-order valence-corrected chi connectivity index (χ1v) is 13.0. The van der Waals surface area contributed by atoms with Crippen molar-refractivity contribution in [2.24, 2.45) is 0 Å². The molecule has 9 heteroatoms. The van der Waals surface area contributed by atoms with E-state index >= 15 is 0 Å². The third kappa shape index (κ3) is 5.64. The number of halogens is 2. The lowest BCUT2D eigenvalue weighted by atomic mass is 10.2. The Hall–Kier alpha value is -3.78. The molecule has 0 fully saturated rings. The molecule has 0 aliphatic carbocycles. The van der Waals surface area contributed by atoms with Gasteiger partial charge in [0.15, 0.2) is 5.16 Å². The van der Waals surface area contributed by atoms with Crippen LogP contribution in [0, 0.1) is 0 Å². The summed E-state index contributed by atoms with van der Waals surface area (Å²) in [4.78, 5) is 30.9. The molecular weight excluding hydrogens is 529 g/mol. The minimum absolute atomic E-state index is 0.00280. The van der Waals surface area contributed by atoms with Gasteiger partial charge in [-0.3, -0.25) is 14.2 Å². The fraction of sp³-hybridized carbons (Fsp3) is 0.0357. The Morgan fingerprint density at radius 1 is 0.865 bits per heavy atom. The molecule has 1 heterocycles. The highest BCUT2D eigenvalue weighted by Gasteiger charge is 2.16. The summed E-state index contributed by atoms with van der Waals surface area (Å²) in [5.41, 5.74) is 1.33. The molecule has 0 atom stereocenters. The first-order valence-electron chi connectivity index (χ1n) is 11.2. The van der Waals surface area contributed by atoms with Crippen molar-refractivity contribution in [1.29, 1.82) is 0 Å². The molecule has 0 spiro atoms. The van der Waals surface area contributed by atoms with E-state index in [0.717, 1.165) is 11.8 Å². The lowest BCUT2D eigenvalue weighted by Crippen LogP contribution is -2.23. The van der Waals surface area contributed by atoms with Crippen LogP contribution in [0.15, 0.2) is 107 Å². The van der Waals surface area contributed by atoms with Gasteiger partial charge in [0.2, 0.25) is 5.91 Å². The summed E-state index contributed by atoms with van der Waals surface area (Å²) in [5.74, 6) is 1.03. The second kappa shape index (κ2) is 11.1. The monoisotopic (exact) mass is 547 g/mol. The average molecular weight is 548 g/mol. The summed E-state index contributed by atoms with van der Waals surface area (Å²) in [6, 6.07) is 28.7. The molecule has 6 nitrogen and oxygen atoms in total. The van der Waals surface area contributed by atoms with Crippen LogP contribution in [-0.4, -0.2) is 21.2 Å². The summed E-state index contributed by atoms with van der Waals surface area (Å²) >= 11 is 13.4. The van der Waals surface area contributed by atoms with E-state index in [2.05, 4.69) is 10.3 Å². The van der Waals surface area contributed by atoms with E-state index in [0.29, 0.717) is 44.0 Å². The molecule has 1 aromatic heterocycles. The molecule has 0 aliphatic rings. The number of fused-ring (bicyclic) bond motifs is 1. The number of benzene rings is 4. The van der Waals surface area contributed by atoms with E-state index in [1.165, 1.54) is 4.57 Å². The minimum atomic E-state index is -0.310. The Balaban J connectivity index is 1.44. The number of thioether (sulfide) groups is 1. The summed E-state index contributed by atoms with van der Waals surface area (Å²) < 4.78 is 7.37. The van der Waals surface area contributed by atoms with Gasteiger partial charge in [-0.25, -0.2) is 4.98 Å². The second-order valence-corrected chi connectivity index (χ2v) is 9.63. The van der Waals surface area contributed by atoms with Gasteiger partial charge in [-0.1, -0.05) is 71.4 Å². The molecular formula is C28H19Cl2N3O3S. The number of anilines is 1. The SMILES string of the molecule is O=C(CSc1nc2ccccc2c(=O)n1-c1ccc(Oc2ccccc2)cc1)Nc1cccc(Cl)c1Cl. The van der Waals surface area contributed by atoms with Crippen molar-refractivity contribution in [2.45, 2.75) is 5.16 Å². The third-order valence-corrected chi connectivity index (χ3v) is 7.13.